The van der Waals surface area contributed by atoms with Crippen LogP contribution in [0.1, 0.15) is 43.5 Å². The molecule has 1 saturated carbocycles. The number of halogens is 2. The zero-order valence-electron chi connectivity index (χ0n) is 10.7. The summed E-state index contributed by atoms with van der Waals surface area (Å²) in [5, 5.41) is 0. The quantitative estimate of drug-likeness (QED) is 0.720. The number of carbonyl (C=O) groups is 1. The first-order valence-electron chi connectivity index (χ1n) is 6.47. The standard InChI is InChI=1S/C15H18F2O/c1-9-6-10(2)8-11(7-9)15(18)12-4-3-5-13(16)14(12)17/h3-5,9-11H,6-8H2,1-2H3. The summed E-state index contributed by atoms with van der Waals surface area (Å²) >= 11 is 0. The van der Waals surface area contributed by atoms with Gasteiger partial charge in [-0.3, -0.25) is 4.79 Å². The second kappa shape index (κ2) is 5.17. The van der Waals surface area contributed by atoms with Crippen LogP contribution in [0.2, 0.25) is 0 Å². The largest absolute Gasteiger partial charge is 0.294 e. The summed E-state index contributed by atoms with van der Waals surface area (Å²) in [6.07, 6.45) is 2.66. The van der Waals surface area contributed by atoms with Crippen LogP contribution in [0.15, 0.2) is 18.2 Å². The van der Waals surface area contributed by atoms with E-state index in [4.69, 9.17) is 0 Å². The summed E-state index contributed by atoms with van der Waals surface area (Å²) in [7, 11) is 0. The number of hydrogen-bond acceptors (Lipinski definition) is 1. The van der Waals surface area contributed by atoms with Crippen molar-refractivity contribution in [3.05, 3.63) is 35.4 Å². The lowest BCUT2D eigenvalue weighted by Crippen LogP contribution is -2.26. The highest BCUT2D eigenvalue weighted by atomic mass is 19.2. The topological polar surface area (TPSA) is 17.1 Å². The summed E-state index contributed by atoms with van der Waals surface area (Å²) in [6.45, 7) is 4.22. The molecule has 0 heterocycles. The van der Waals surface area contributed by atoms with Gasteiger partial charge in [-0.2, -0.15) is 0 Å². The van der Waals surface area contributed by atoms with Crippen LogP contribution in [0.5, 0.6) is 0 Å². The first-order valence-corrected chi connectivity index (χ1v) is 6.47. The second-order valence-corrected chi connectivity index (χ2v) is 5.58. The average Bonchev–Trinajstić information content (AvgIpc) is 2.30. The minimum absolute atomic E-state index is 0.0960. The van der Waals surface area contributed by atoms with Crippen molar-refractivity contribution in [2.75, 3.05) is 0 Å². The molecule has 0 aromatic heterocycles. The molecule has 1 nitrogen and oxygen atoms in total. The van der Waals surface area contributed by atoms with Gasteiger partial charge in [0, 0.05) is 5.92 Å². The molecule has 1 aliphatic carbocycles. The van der Waals surface area contributed by atoms with Gasteiger partial charge in [-0.25, -0.2) is 8.78 Å². The SMILES string of the molecule is CC1CC(C)CC(C(=O)c2cccc(F)c2F)C1. The molecule has 98 valence electrons. The van der Waals surface area contributed by atoms with Crippen molar-refractivity contribution in [1.29, 1.82) is 0 Å². The van der Waals surface area contributed by atoms with Gasteiger partial charge in [-0.1, -0.05) is 19.9 Å². The van der Waals surface area contributed by atoms with Gasteiger partial charge < -0.3 is 0 Å². The molecule has 0 N–H and O–H groups in total. The highest BCUT2D eigenvalue weighted by Gasteiger charge is 2.31. The van der Waals surface area contributed by atoms with E-state index in [1.54, 1.807) is 0 Å². The molecular weight excluding hydrogens is 234 g/mol. The van der Waals surface area contributed by atoms with Crippen LogP contribution in [0.4, 0.5) is 8.78 Å². The lowest BCUT2D eigenvalue weighted by atomic mass is 9.74. The first-order chi connectivity index (χ1) is 8.49. The van der Waals surface area contributed by atoms with Gasteiger partial charge in [0.05, 0.1) is 5.56 Å². The van der Waals surface area contributed by atoms with E-state index < -0.39 is 11.6 Å². The minimum atomic E-state index is -1.01. The predicted octanol–water partition coefficient (Wildman–Crippen LogP) is 4.22. The van der Waals surface area contributed by atoms with Gasteiger partial charge in [0.2, 0.25) is 0 Å². The molecule has 1 aromatic carbocycles. The molecule has 2 rings (SSSR count). The Morgan fingerprint density at radius 2 is 1.72 bits per heavy atom. The van der Waals surface area contributed by atoms with E-state index in [1.807, 2.05) is 0 Å². The maximum absolute atomic E-state index is 13.6. The van der Waals surface area contributed by atoms with E-state index in [-0.39, 0.29) is 17.3 Å². The normalized spacial score (nSPS) is 28.1. The van der Waals surface area contributed by atoms with Crippen LogP contribution in [0, 0.1) is 29.4 Å². The third-order valence-corrected chi connectivity index (χ3v) is 3.77. The van der Waals surface area contributed by atoms with Crippen LogP contribution in [-0.2, 0) is 0 Å². The molecule has 2 atom stereocenters. The molecule has 1 aliphatic rings. The maximum Gasteiger partial charge on any atom is 0.169 e. The van der Waals surface area contributed by atoms with E-state index in [9.17, 15) is 13.6 Å². The Kier molecular flexibility index (Phi) is 3.79. The second-order valence-electron chi connectivity index (χ2n) is 5.58. The molecule has 0 amide bonds. The fourth-order valence-electron chi connectivity index (χ4n) is 3.08. The summed E-state index contributed by atoms with van der Waals surface area (Å²) in [4.78, 5) is 12.3. The molecule has 0 spiro atoms. The fourth-order valence-corrected chi connectivity index (χ4v) is 3.08. The zero-order valence-corrected chi connectivity index (χ0v) is 10.7. The number of benzene rings is 1. The lowest BCUT2D eigenvalue weighted by molar-refractivity contribution is 0.0831. The van der Waals surface area contributed by atoms with Crippen molar-refractivity contribution >= 4 is 5.78 Å². The fraction of sp³-hybridized carbons (Fsp3) is 0.533. The van der Waals surface area contributed by atoms with Gasteiger partial charge >= 0.3 is 0 Å². The van der Waals surface area contributed by atoms with Crippen LogP contribution in [-0.4, -0.2) is 5.78 Å². The van der Waals surface area contributed by atoms with Crippen molar-refractivity contribution in [3.8, 4) is 0 Å². The lowest BCUT2D eigenvalue weighted by Gasteiger charge is -2.30. The Labute approximate surface area is 106 Å². The molecule has 1 fully saturated rings. The Morgan fingerprint density at radius 1 is 1.11 bits per heavy atom. The number of ketones is 1. The molecule has 2 unspecified atom stereocenters. The molecule has 3 heteroatoms. The third-order valence-electron chi connectivity index (χ3n) is 3.77. The van der Waals surface area contributed by atoms with Crippen molar-refractivity contribution in [1.82, 2.24) is 0 Å². The molecule has 18 heavy (non-hydrogen) atoms. The third kappa shape index (κ3) is 2.60. The summed E-state index contributed by atoms with van der Waals surface area (Å²) < 4.78 is 26.7. The number of Topliss-reactive ketones (excluding diaryl/α,β-unsaturated/α-hetero) is 1. The van der Waals surface area contributed by atoms with Crippen LogP contribution in [0.3, 0.4) is 0 Å². The minimum Gasteiger partial charge on any atom is -0.294 e. The Bertz CT molecular complexity index is 446. The Balaban J connectivity index is 2.23. The van der Waals surface area contributed by atoms with Crippen LogP contribution >= 0.6 is 0 Å². The summed E-state index contributed by atoms with van der Waals surface area (Å²) in [6, 6.07) is 3.81. The maximum atomic E-state index is 13.6. The van der Waals surface area contributed by atoms with Crippen molar-refractivity contribution in [3.63, 3.8) is 0 Å². The number of hydrogen-bond donors (Lipinski definition) is 0. The van der Waals surface area contributed by atoms with Crippen molar-refractivity contribution < 1.29 is 13.6 Å². The Morgan fingerprint density at radius 3 is 2.33 bits per heavy atom. The highest BCUT2D eigenvalue weighted by Crippen LogP contribution is 2.35. The molecule has 0 aliphatic heterocycles. The predicted molar refractivity (Wildman–Crippen MR) is 66.4 cm³/mol. The van der Waals surface area contributed by atoms with Crippen LogP contribution < -0.4 is 0 Å². The molecular formula is C15H18F2O. The van der Waals surface area contributed by atoms with Crippen LogP contribution in [0.25, 0.3) is 0 Å². The van der Waals surface area contributed by atoms with Gasteiger partial charge in [-0.15, -0.1) is 0 Å². The summed E-state index contributed by atoms with van der Waals surface area (Å²) in [5.74, 6) is -1.42. The molecule has 0 bridgehead atoms. The molecule has 0 radical (unpaired) electrons. The van der Waals surface area contributed by atoms with Gasteiger partial charge in [0.15, 0.2) is 17.4 Å². The van der Waals surface area contributed by atoms with Gasteiger partial charge in [-0.05, 0) is 43.2 Å². The first kappa shape index (κ1) is 13.2. The summed E-state index contributed by atoms with van der Waals surface area (Å²) in [5.41, 5.74) is -0.0960. The van der Waals surface area contributed by atoms with Crippen molar-refractivity contribution in [2.45, 2.75) is 33.1 Å². The van der Waals surface area contributed by atoms with E-state index in [2.05, 4.69) is 13.8 Å². The molecule has 0 saturated heterocycles. The monoisotopic (exact) mass is 252 g/mol. The Hall–Kier alpha value is -1.25. The van der Waals surface area contributed by atoms with Gasteiger partial charge in [0.25, 0.3) is 0 Å². The van der Waals surface area contributed by atoms with Crippen molar-refractivity contribution in [2.24, 2.45) is 17.8 Å². The number of rotatable bonds is 2. The smallest absolute Gasteiger partial charge is 0.169 e. The number of carbonyl (C=O) groups excluding carboxylic acids is 1. The molecule has 1 aromatic rings. The van der Waals surface area contributed by atoms with E-state index >= 15 is 0 Å². The van der Waals surface area contributed by atoms with E-state index in [0.29, 0.717) is 11.8 Å². The van der Waals surface area contributed by atoms with E-state index in [1.165, 1.54) is 12.1 Å². The van der Waals surface area contributed by atoms with E-state index in [0.717, 1.165) is 25.3 Å². The van der Waals surface area contributed by atoms with Gasteiger partial charge in [0.1, 0.15) is 0 Å². The highest BCUT2D eigenvalue weighted by molar-refractivity contribution is 5.98. The average molecular weight is 252 g/mol. The zero-order chi connectivity index (χ0) is 13.3.